The minimum Gasteiger partial charge on any atom is -0.474 e. The minimum atomic E-state index is -1.40. The number of hydrogen-bond donors (Lipinski definition) is 2. The number of carbonyl (C=O) groups is 2. The van der Waals surface area contributed by atoms with Gasteiger partial charge in [-0.25, -0.2) is 4.79 Å². The van der Waals surface area contributed by atoms with Crippen LogP contribution in [-0.4, -0.2) is 23.5 Å². The van der Waals surface area contributed by atoms with Crippen LogP contribution in [0.5, 0.6) is 0 Å². The van der Waals surface area contributed by atoms with Crippen molar-refractivity contribution in [2.45, 2.75) is 71.1 Å². The molecule has 18 heavy (non-hydrogen) atoms. The van der Waals surface area contributed by atoms with Gasteiger partial charge in [-0.3, -0.25) is 4.79 Å². The molecule has 0 rings (SSSR count). The van der Waals surface area contributed by atoms with Gasteiger partial charge >= 0.3 is 11.9 Å². The third-order valence-corrected chi connectivity index (χ3v) is 3.01. The summed E-state index contributed by atoms with van der Waals surface area (Å²) in [6.07, 6.45) is 12.3. The van der Waals surface area contributed by atoms with Crippen molar-refractivity contribution in [3.05, 3.63) is 0 Å². The van der Waals surface area contributed by atoms with Crippen molar-refractivity contribution < 1.29 is 14.7 Å². The molecule has 0 bridgehead atoms. The molecular formula is C14H27NO3. The molecule has 0 aliphatic heterocycles. The van der Waals surface area contributed by atoms with Crippen molar-refractivity contribution in [1.29, 1.82) is 0 Å². The van der Waals surface area contributed by atoms with Gasteiger partial charge in [-0.05, 0) is 6.42 Å². The van der Waals surface area contributed by atoms with Crippen LogP contribution in [-0.2, 0) is 9.59 Å². The van der Waals surface area contributed by atoms with E-state index in [2.05, 4.69) is 12.2 Å². The molecule has 2 N–H and O–H groups in total. The normalized spacial score (nSPS) is 10.3. The van der Waals surface area contributed by atoms with Crippen LogP contribution in [0.2, 0.25) is 0 Å². The largest absolute Gasteiger partial charge is 0.474 e. The van der Waals surface area contributed by atoms with Crippen LogP contribution in [0.1, 0.15) is 71.1 Å². The monoisotopic (exact) mass is 257 g/mol. The van der Waals surface area contributed by atoms with Gasteiger partial charge in [0, 0.05) is 6.54 Å². The molecule has 4 heteroatoms. The lowest BCUT2D eigenvalue weighted by Crippen LogP contribution is -2.31. The highest BCUT2D eigenvalue weighted by Gasteiger charge is 2.08. The number of carboxylic acids is 1. The number of carbonyl (C=O) groups excluding carboxylic acids is 1. The number of amides is 1. The number of nitrogens with one attached hydrogen (secondary N) is 1. The zero-order valence-electron chi connectivity index (χ0n) is 11.5. The van der Waals surface area contributed by atoms with Gasteiger partial charge in [0.1, 0.15) is 0 Å². The Morgan fingerprint density at radius 3 is 1.72 bits per heavy atom. The summed E-state index contributed by atoms with van der Waals surface area (Å²) >= 11 is 0. The number of rotatable bonds is 11. The van der Waals surface area contributed by atoms with Crippen LogP contribution in [0.15, 0.2) is 0 Å². The first-order valence-electron chi connectivity index (χ1n) is 7.19. The van der Waals surface area contributed by atoms with Crippen LogP contribution in [0.25, 0.3) is 0 Å². The van der Waals surface area contributed by atoms with E-state index in [0.717, 1.165) is 12.8 Å². The van der Waals surface area contributed by atoms with E-state index >= 15 is 0 Å². The SMILES string of the molecule is CCCCCCCCCCCCNC(=O)C(=O)O. The lowest BCUT2D eigenvalue weighted by atomic mass is 10.1. The van der Waals surface area contributed by atoms with E-state index in [1.165, 1.54) is 51.4 Å². The summed E-state index contributed by atoms with van der Waals surface area (Å²) in [6.45, 7) is 2.70. The Balaban J connectivity index is 3.07. The second-order valence-electron chi connectivity index (χ2n) is 4.74. The van der Waals surface area contributed by atoms with Gasteiger partial charge in [-0.2, -0.15) is 0 Å². The lowest BCUT2D eigenvalue weighted by molar-refractivity contribution is -0.150. The molecule has 0 saturated heterocycles. The summed E-state index contributed by atoms with van der Waals surface area (Å²) in [7, 11) is 0. The topological polar surface area (TPSA) is 66.4 Å². The predicted molar refractivity (Wildman–Crippen MR) is 72.5 cm³/mol. The predicted octanol–water partition coefficient (Wildman–Crippen LogP) is 3.11. The van der Waals surface area contributed by atoms with Crippen molar-refractivity contribution in [3.8, 4) is 0 Å². The van der Waals surface area contributed by atoms with Crippen molar-refractivity contribution in [3.63, 3.8) is 0 Å². The van der Waals surface area contributed by atoms with E-state index in [1.54, 1.807) is 0 Å². The molecule has 0 atom stereocenters. The van der Waals surface area contributed by atoms with E-state index in [-0.39, 0.29) is 0 Å². The van der Waals surface area contributed by atoms with Crippen LogP contribution in [0.3, 0.4) is 0 Å². The first-order chi connectivity index (χ1) is 8.68. The quantitative estimate of drug-likeness (QED) is 0.441. The molecule has 0 aromatic rings. The maximum atomic E-state index is 10.7. The number of unbranched alkanes of at least 4 members (excludes halogenated alkanes) is 9. The summed E-state index contributed by atoms with van der Waals surface area (Å²) in [5, 5.41) is 10.7. The first kappa shape index (κ1) is 16.9. The highest BCUT2D eigenvalue weighted by atomic mass is 16.4. The Bertz CT molecular complexity index is 229. The molecule has 0 aromatic heterocycles. The summed E-state index contributed by atoms with van der Waals surface area (Å²) < 4.78 is 0. The molecule has 1 amide bonds. The maximum Gasteiger partial charge on any atom is 0.394 e. The van der Waals surface area contributed by atoms with Crippen LogP contribution in [0.4, 0.5) is 0 Å². The van der Waals surface area contributed by atoms with E-state index in [4.69, 9.17) is 5.11 Å². The standard InChI is InChI=1S/C14H27NO3/c1-2-3-4-5-6-7-8-9-10-11-12-15-13(16)14(17)18/h2-12H2,1H3,(H,15,16)(H,17,18). The van der Waals surface area contributed by atoms with Crippen LogP contribution in [0, 0.1) is 0 Å². The van der Waals surface area contributed by atoms with Crippen molar-refractivity contribution in [2.75, 3.05) is 6.54 Å². The molecule has 0 saturated carbocycles. The molecule has 0 fully saturated rings. The molecule has 0 aliphatic rings. The summed E-state index contributed by atoms with van der Waals surface area (Å²) in [5.41, 5.74) is 0. The minimum absolute atomic E-state index is 0.474. The van der Waals surface area contributed by atoms with Crippen molar-refractivity contribution in [2.24, 2.45) is 0 Å². The maximum absolute atomic E-state index is 10.7. The molecule has 4 nitrogen and oxygen atoms in total. The van der Waals surface area contributed by atoms with Gasteiger partial charge in [0.25, 0.3) is 0 Å². The van der Waals surface area contributed by atoms with Gasteiger partial charge < -0.3 is 10.4 Å². The first-order valence-corrected chi connectivity index (χ1v) is 7.19. The highest BCUT2D eigenvalue weighted by molar-refractivity contribution is 6.31. The molecule has 0 radical (unpaired) electrons. The summed E-state index contributed by atoms with van der Waals surface area (Å²) in [4.78, 5) is 20.9. The average molecular weight is 257 g/mol. The summed E-state index contributed by atoms with van der Waals surface area (Å²) in [5.74, 6) is -2.30. The second kappa shape index (κ2) is 12.4. The van der Waals surface area contributed by atoms with Gasteiger partial charge in [-0.1, -0.05) is 64.7 Å². The van der Waals surface area contributed by atoms with Gasteiger partial charge in [0.15, 0.2) is 0 Å². The van der Waals surface area contributed by atoms with E-state index in [9.17, 15) is 9.59 Å². The summed E-state index contributed by atoms with van der Waals surface area (Å²) in [6, 6.07) is 0. The molecule has 106 valence electrons. The number of aliphatic carboxylic acids is 1. The van der Waals surface area contributed by atoms with Gasteiger partial charge in [0.2, 0.25) is 0 Å². The fourth-order valence-electron chi connectivity index (χ4n) is 1.89. The molecule has 0 spiro atoms. The Morgan fingerprint density at radius 1 is 0.833 bits per heavy atom. The third-order valence-electron chi connectivity index (χ3n) is 3.01. The van der Waals surface area contributed by atoms with Crippen LogP contribution < -0.4 is 5.32 Å². The van der Waals surface area contributed by atoms with E-state index in [0.29, 0.717) is 6.54 Å². The molecular weight excluding hydrogens is 230 g/mol. The lowest BCUT2D eigenvalue weighted by Gasteiger charge is -2.03. The Labute approximate surface area is 110 Å². The Morgan fingerprint density at radius 2 is 1.28 bits per heavy atom. The molecule has 0 unspecified atom stereocenters. The zero-order chi connectivity index (χ0) is 13.6. The fraction of sp³-hybridized carbons (Fsp3) is 0.857. The highest BCUT2D eigenvalue weighted by Crippen LogP contribution is 2.10. The van der Waals surface area contributed by atoms with Crippen molar-refractivity contribution >= 4 is 11.9 Å². The van der Waals surface area contributed by atoms with E-state index in [1.807, 2.05) is 0 Å². The average Bonchev–Trinajstić information content (AvgIpc) is 2.35. The van der Waals surface area contributed by atoms with E-state index < -0.39 is 11.9 Å². The third kappa shape index (κ3) is 11.4. The smallest absolute Gasteiger partial charge is 0.394 e. The number of carboxylic acid groups (broad SMARTS) is 1. The Hall–Kier alpha value is -1.06. The Kier molecular flexibility index (Phi) is 11.7. The van der Waals surface area contributed by atoms with Crippen LogP contribution >= 0.6 is 0 Å². The zero-order valence-corrected chi connectivity index (χ0v) is 11.5. The van der Waals surface area contributed by atoms with Gasteiger partial charge in [-0.15, -0.1) is 0 Å². The molecule has 0 aliphatic carbocycles. The molecule has 0 aromatic carbocycles. The van der Waals surface area contributed by atoms with Crippen molar-refractivity contribution in [1.82, 2.24) is 5.32 Å². The van der Waals surface area contributed by atoms with Gasteiger partial charge in [0.05, 0.1) is 0 Å². The molecule has 0 heterocycles. The second-order valence-corrected chi connectivity index (χ2v) is 4.74. The fourth-order valence-corrected chi connectivity index (χ4v) is 1.89. The number of hydrogen-bond acceptors (Lipinski definition) is 2.